The van der Waals surface area contributed by atoms with E-state index < -0.39 is 5.97 Å². The lowest BCUT2D eigenvalue weighted by atomic mass is 9.92. The Balaban J connectivity index is 1.94. The quantitative estimate of drug-likeness (QED) is 0.817. The molecule has 1 aromatic heterocycles. The van der Waals surface area contributed by atoms with Gasteiger partial charge in [-0.25, -0.2) is 4.79 Å². The molecular weight excluding hydrogens is 258 g/mol. The molecule has 8 nitrogen and oxygen atoms in total. The van der Waals surface area contributed by atoms with Gasteiger partial charge in [-0.15, -0.1) is 0 Å². The van der Waals surface area contributed by atoms with E-state index in [2.05, 4.69) is 20.1 Å². The van der Waals surface area contributed by atoms with Crippen molar-refractivity contribution in [3.05, 3.63) is 0 Å². The first-order valence-electron chi connectivity index (χ1n) is 5.53. The van der Waals surface area contributed by atoms with Crippen LogP contribution in [0.25, 0.3) is 0 Å². The molecule has 2 atom stereocenters. The highest BCUT2D eigenvalue weighted by atomic mass is 32.1. The number of rotatable bonds is 2. The molecule has 2 heterocycles. The van der Waals surface area contributed by atoms with Crippen molar-refractivity contribution in [2.75, 3.05) is 11.9 Å². The number of hydrogen-bond acceptors (Lipinski definition) is 6. The molecule has 2 unspecified atom stereocenters. The zero-order chi connectivity index (χ0) is 13.1. The minimum Gasteiger partial charge on any atom is -0.481 e. The van der Waals surface area contributed by atoms with Gasteiger partial charge in [0.15, 0.2) is 0 Å². The lowest BCUT2D eigenvalue weighted by molar-refractivity contribution is -0.143. The van der Waals surface area contributed by atoms with Gasteiger partial charge in [0, 0.05) is 24.1 Å². The number of hydrogen-bond donors (Lipinski definition) is 2. The van der Waals surface area contributed by atoms with Gasteiger partial charge in [0.1, 0.15) is 0 Å². The van der Waals surface area contributed by atoms with Crippen molar-refractivity contribution in [1.82, 2.24) is 19.7 Å². The maximum Gasteiger partial charge on any atom is 0.323 e. The lowest BCUT2D eigenvalue weighted by Crippen LogP contribution is -2.47. The molecule has 2 N–H and O–H groups in total. The number of urea groups is 1. The molecule has 1 saturated heterocycles. The van der Waals surface area contributed by atoms with E-state index in [9.17, 15) is 9.59 Å². The van der Waals surface area contributed by atoms with Crippen LogP contribution in [0, 0.1) is 5.92 Å². The van der Waals surface area contributed by atoms with Crippen molar-refractivity contribution in [3.63, 3.8) is 0 Å². The van der Waals surface area contributed by atoms with Crippen LogP contribution < -0.4 is 5.32 Å². The van der Waals surface area contributed by atoms with Gasteiger partial charge in [0.2, 0.25) is 5.13 Å². The van der Waals surface area contributed by atoms with Crippen molar-refractivity contribution in [2.45, 2.75) is 25.8 Å². The topological polar surface area (TPSA) is 108 Å². The van der Waals surface area contributed by atoms with Crippen molar-refractivity contribution in [3.8, 4) is 0 Å². The molecule has 1 fully saturated rings. The molecular formula is C9H13N5O3S. The summed E-state index contributed by atoms with van der Waals surface area (Å²) in [5.41, 5.74) is 0. The van der Waals surface area contributed by atoms with Crippen LogP contribution in [0.15, 0.2) is 0 Å². The van der Waals surface area contributed by atoms with Crippen molar-refractivity contribution in [1.29, 1.82) is 0 Å². The number of likely N-dealkylation sites (tertiary alicyclic amines) is 1. The highest BCUT2D eigenvalue weighted by Gasteiger charge is 2.32. The van der Waals surface area contributed by atoms with Crippen LogP contribution in [0.1, 0.15) is 19.8 Å². The predicted molar refractivity (Wildman–Crippen MR) is 63.3 cm³/mol. The molecule has 2 amide bonds. The minimum absolute atomic E-state index is 0.110. The molecule has 1 aliphatic heterocycles. The Hall–Kier alpha value is -1.77. The van der Waals surface area contributed by atoms with Gasteiger partial charge >= 0.3 is 12.0 Å². The minimum atomic E-state index is -0.796. The van der Waals surface area contributed by atoms with Crippen molar-refractivity contribution < 1.29 is 14.7 Å². The van der Waals surface area contributed by atoms with E-state index in [1.165, 1.54) is 0 Å². The van der Waals surface area contributed by atoms with E-state index in [1.54, 1.807) is 4.90 Å². The fraction of sp³-hybridized carbons (Fsp3) is 0.667. The van der Waals surface area contributed by atoms with Gasteiger partial charge in [-0.05, 0) is 25.0 Å². The molecule has 0 spiro atoms. The third kappa shape index (κ3) is 2.73. The molecule has 0 bridgehead atoms. The molecule has 0 aromatic carbocycles. The van der Waals surface area contributed by atoms with Gasteiger partial charge in [-0.1, -0.05) is 9.59 Å². The fourth-order valence-corrected chi connectivity index (χ4v) is 2.40. The second-order valence-electron chi connectivity index (χ2n) is 4.20. The third-order valence-corrected chi connectivity index (χ3v) is 3.51. The van der Waals surface area contributed by atoms with E-state index in [4.69, 9.17) is 5.11 Å². The second kappa shape index (κ2) is 5.25. The van der Waals surface area contributed by atoms with Crippen LogP contribution in [0.2, 0.25) is 0 Å². The summed E-state index contributed by atoms with van der Waals surface area (Å²) in [7, 11) is 0. The average molecular weight is 271 g/mol. The smallest absolute Gasteiger partial charge is 0.323 e. The van der Waals surface area contributed by atoms with Gasteiger partial charge in [-0.2, -0.15) is 0 Å². The zero-order valence-corrected chi connectivity index (χ0v) is 10.6. The number of nitrogens with zero attached hydrogens (tertiary/aromatic N) is 4. The molecule has 0 aliphatic carbocycles. The summed E-state index contributed by atoms with van der Waals surface area (Å²) in [6.45, 7) is 2.27. The van der Waals surface area contributed by atoms with Gasteiger partial charge in [0.05, 0.1) is 5.92 Å². The monoisotopic (exact) mass is 271 g/mol. The summed E-state index contributed by atoms with van der Waals surface area (Å²) in [6.07, 6.45) is 0.943. The molecule has 98 valence electrons. The van der Waals surface area contributed by atoms with Gasteiger partial charge < -0.3 is 10.0 Å². The second-order valence-corrected chi connectivity index (χ2v) is 4.93. The van der Waals surface area contributed by atoms with Crippen molar-refractivity contribution >= 4 is 28.7 Å². The Bertz CT molecular complexity index is 437. The van der Waals surface area contributed by atoms with Crippen LogP contribution >= 0.6 is 11.5 Å². The van der Waals surface area contributed by atoms with Gasteiger partial charge in [0.25, 0.3) is 0 Å². The van der Waals surface area contributed by atoms with Crippen LogP contribution in [-0.2, 0) is 4.79 Å². The van der Waals surface area contributed by atoms with Crippen molar-refractivity contribution in [2.24, 2.45) is 5.92 Å². The number of piperidine rings is 1. The summed E-state index contributed by atoms with van der Waals surface area (Å²) >= 11 is 0.997. The Morgan fingerprint density at radius 1 is 1.56 bits per heavy atom. The highest BCUT2D eigenvalue weighted by Crippen LogP contribution is 2.23. The summed E-state index contributed by atoms with van der Waals surface area (Å²) in [4.78, 5) is 24.4. The number of carbonyl (C=O) groups excluding carboxylic acids is 1. The maximum atomic E-state index is 11.9. The largest absolute Gasteiger partial charge is 0.481 e. The van der Waals surface area contributed by atoms with Crippen LogP contribution in [0.4, 0.5) is 9.93 Å². The lowest BCUT2D eigenvalue weighted by Gasteiger charge is -2.35. The maximum absolute atomic E-state index is 11.9. The Kier molecular flexibility index (Phi) is 3.70. The Morgan fingerprint density at radius 2 is 2.33 bits per heavy atom. The number of carbonyl (C=O) groups is 2. The number of aromatic nitrogens is 3. The molecule has 0 radical (unpaired) electrons. The number of nitrogens with one attached hydrogen (secondary N) is 1. The molecule has 2 rings (SSSR count). The Labute approximate surface area is 107 Å². The number of amides is 2. The first kappa shape index (κ1) is 12.7. The SMILES string of the molecule is CC1CC(C(=O)O)CCN1C(=O)Nc1nnns1. The van der Waals surface area contributed by atoms with E-state index in [0.29, 0.717) is 24.5 Å². The average Bonchev–Trinajstić information content (AvgIpc) is 2.81. The predicted octanol–water partition coefficient (Wildman–Crippen LogP) is 0.650. The first-order chi connectivity index (χ1) is 8.58. The van der Waals surface area contributed by atoms with Crippen LogP contribution in [0.5, 0.6) is 0 Å². The number of carboxylic acid groups (broad SMARTS) is 1. The summed E-state index contributed by atoms with van der Waals surface area (Å²) in [6, 6.07) is -0.398. The van der Waals surface area contributed by atoms with E-state index in [-0.39, 0.29) is 18.0 Å². The van der Waals surface area contributed by atoms with Gasteiger partial charge in [-0.3, -0.25) is 10.1 Å². The standard InChI is InChI=1S/C9H13N5O3S/c1-5-4-6(7(15)16)2-3-14(5)9(17)10-8-11-12-13-18-8/h5-6H,2-4H2,1H3,(H,15,16)(H,10,11,13,17). The first-order valence-corrected chi connectivity index (χ1v) is 6.30. The van der Waals surface area contributed by atoms with E-state index >= 15 is 0 Å². The molecule has 9 heteroatoms. The van der Waals surface area contributed by atoms with E-state index in [0.717, 1.165) is 11.5 Å². The molecule has 1 aromatic rings. The molecule has 18 heavy (non-hydrogen) atoms. The summed E-state index contributed by atoms with van der Waals surface area (Å²) < 4.78 is 3.54. The third-order valence-electron chi connectivity index (χ3n) is 3.00. The van der Waals surface area contributed by atoms with Crippen LogP contribution in [0.3, 0.4) is 0 Å². The Morgan fingerprint density at radius 3 is 2.89 bits per heavy atom. The molecule has 1 aliphatic rings. The summed E-state index contributed by atoms with van der Waals surface area (Å²) in [5.74, 6) is -1.16. The fourth-order valence-electron chi connectivity index (χ4n) is 2.04. The highest BCUT2D eigenvalue weighted by molar-refractivity contribution is 7.09. The number of aliphatic carboxylic acids is 1. The number of anilines is 1. The number of carboxylic acids is 1. The van der Waals surface area contributed by atoms with Crippen LogP contribution in [-0.4, -0.2) is 49.4 Å². The molecule has 0 saturated carbocycles. The summed E-state index contributed by atoms with van der Waals surface area (Å²) in [5, 5.41) is 18.9. The zero-order valence-electron chi connectivity index (χ0n) is 9.74. The van der Waals surface area contributed by atoms with E-state index in [1.807, 2.05) is 6.92 Å². The normalized spacial score (nSPS) is 23.7.